The van der Waals surface area contributed by atoms with E-state index in [1.165, 1.54) is 0 Å². The molecule has 1 atom stereocenters. The average Bonchev–Trinajstić information content (AvgIpc) is 3.02. The number of rotatable bonds is 3. The maximum absolute atomic E-state index is 9.48. The van der Waals surface area contributed by atoms with E-state index in [-0.39, 0.29) is 6.04 Å². The van der Waals surface area contributed by atoms with Gasteiger partial charge in [-0.2, -0.15) is 5.26 Å². The molecule has 1 aliphatic rings. The van der Waals surface area contributed by atoms with E-state index in [4.69, 9.17) is 22.3 Å². The minimum absolute atomic E-state index is 0.169. The number of halogens is 1. The Bertz CT molecular complexity index is 988. The summed E-state index contributed by atoms with van der Waals surface area (Å²) in [6.45, 7) is 2.32. The number of para-hydroxylation sites is 2. The first-order valence-corrected chi connectivity index (χ1v) is 9.18. The fourth-order valence-corrected chi connectivity index (χ4v) is 3.78. The van der Waals surface area contributed by atoms with Crippen LogP contribution in [0.2, 0.25) is 5.02 Å². The Morgan fingerprint density at radius 1 is 1.27 bits per heavy atom. The van der Waals surface area contributed by atoms with Crippen LogP contribution in [0, 0.1) is 11.3 Å². The molecule has 4 rings (SSSR count). The highest BCUT2D eigenvalue weighted by molar-refractivity contribution is 6.30. The quantitative estimate of drug-likeness (QED) is 0.770. The SMILES string of the molecule is N#Cc1cc(Cl)ccc1Cn1c(N2CCCC(N)C2)nc2ccccc21. The van der Waals surface area contributed by atoms with Gasteiger partial charge < -0.3 is 15.2 Å². The highest BCUT2D eigenvalue weighted by Crippen LogP contribution is 2.27. The molecule has 26 heavy (non-hydrogen) atoms. The predicted molar refractivity (Wildman–Crippen MR) is 104 cm³/mol. The molecule has 2 aromatic carbocycles. The third-order valence-electron chi connectivity index (χ3n) is 4.90. The molecule has 0 bridgehead atoms. The van der Waals surface area contributed by atoms with Crippen LogP contribution in [-0.4, -0.2) is 28.7 Å². The molecule has 1 unspecified atom stereocenters. The number of fused-ring (bicyclic) bond motifs is 1. The van der Waals surface area contributed by atoms with Gasteiger partial charge in [-0.05, 0) is 42.7 Å². The molecular weight excluding hydrogens is 346 g/mol. The molecule has 1 fully saturated rings. The molecule has 0 saturated carbocycles. The summed E-state index contributed by atoms with van der Waals surface area (Å²) >= 11 is 6.05. The molecule has 132 valence electrons. The van der Waals surface area contributed by atoms with Gasteiger partial charge in [-0.1, -0.05) is 29.8 Å². The number of benzene rings is 2. The lowest BCUT2D eigenvalue weighted by Crippen LogP contribution is -2.44. The van der Waals surface area contributed by atoms with E-state index in [0.717, 1.165) is 48.5 Å². The van der Waals surface area contributed by atoms with Crippen molar-refractivity contribution in [1.29, 1.82) is 5.26 Å². The lowest BCUT2D eigenvalue weighted by Gasteiger charge is -2.32. The fraction of sp³-hybridized carbons (Fsp3) is 0.300. The van der Waals surface area contributed by atoms with Gasteiger partial charge in [0.2, 0.25) is 5.95 Å². The van der Waals surface area contributed by atoms with Crippen LogP contribution >= 0.6 is 11.6 Å². The van der Waals surface area contributed by atoms with Gasteiger partial charge in [0.15, 0.2) is 0 Å². The standard InChI is InChI=1S/C20H20ClN5/c21-16-8-7-14(15(10-16)11-22)12-26-19-6-2-1-5-18(19)24-20(26)25-9-3-4-17(23)13-25/h1-2,5-8,10,17H,3-4,9,12-13,23H2. The van der Waals surface area contributed by atoms with Crippen LogP contribution < -0.4 is 10.6 Å². The number of nitriles is 1. The summed E-state index contributed by atoms with van der Waals surface area (Å²) in [5.74, 6) is 0.917. The monoisotopic (exact) mass is 365 g/mol. The minimum Gasteiger partial charge on any atom is -0.341 e. The van der Waals surface area contributed by atoms with E-state index in [0.29, 0.717) is 17.1 Å². The Balaban J connectivity index is 1.81. The highest BCUT2D eigenvalue weighted by Gasteiger charge is 2.23. The largest absolute Gasteiger partial charge is 0.341 e. The van der Waals surface area contributed by atoms with Crippen LogP contribution in [0.1, 0.15) is 24.0 Å². The van der Waals surface area contributed by atoms with Gasteiger partial charge in [0.05, 0.1) is 29.2 Å². The van der Waals surface area contributed by atoms with E-state index in [2.05, 4.69) is 21.6 Å². The first-order valence-electron chi connectivity index (χ1n) is 8.80. The second-order valence-electron chi connectivity index (χ2n) is 6.75. The van der Waals surface area contributed by atoms with Crippen molar-refractivity contribution in [3.05, 3.63) is 58.6 Å². The van der Waals surface area contributed by atoms with Crippen LogP contribution in [0.25, 0.3) is 11.0 Å². The van der Waals surface area contributed by atoms with Gasteiger partial charge in [0.1, 0.15) is 0 Å². The van der Waals surface area contributed by atoms with Gasteiger partial charge in [0, 0.05) is 24.2 Å². The number of hydrogen-bond acceptors (Lipinski definition) is 4. The number of imidazole rings is 1. The zero-order valence-electron chi connectivity index (χ0n) is 14.4. The molecule has 0 radical (unpaired) electrons. The van der Waals surface area contributed by atoms with E-state index in [1.54, 1.807) is 6.07 Å². The highest BCUT2D eigenvalue weighted by atomic mass is 35.5. The third kappa shape index (κ3) is 3.14. The van der Waals surface area contributed by atoms with Crippen molar-refractivity contribution in [2.45, 2.75) is 25.4 Å². The van der Waals surface area contributed by atoms with E-state index in [1.807, 2.05) is 30.3 Å². The fourth-order valence-electron chi connectivity index (χ4n) is 3.61. The molecule has 0 spiro atoms. The first kappa shape index (κ1) is 16.9. The second kappa shape index (κ2) is 6.99. The smallest absolute Gasteiger partial charge is 0.206 e. The summed E-state index contributed by atoms with van der Waals surface area (Å²) in [6, 6.07) is 16.0. The summed E-state index contributed by atoms with van der Waals surface area (Å²) in [4.78, 5) is 7.12. The van der Waals surface area contributed by atoms with Crippen LogP contribution in [0.15, 0.2) is 42.5 Å². The number of aromatic nitrogens is 2. The number of nitrogens with two attached hydrogens (primary N) is 1. The van der Waals surface area contributed by atoms with Crippen molar-refractivity contribution in [2.24, 2.45) is 5.73 Å². The van der Waals surface area contributed by atoms with E-state index in [9.17, 15) is 5.26 Å². The number of anilines is 1. The minimum atomic E-state index is 0.169. The zero-order chi connectivity index (χ0) is 18.1. The molecule has 1 aromatic heterocycles. The second-order valence-corrected chi connectivity index (χ2v) is 7.18. The molecule has 5 nitrogen and oxygen atoms in total. The maximum atomic E-state index is 9.48. The van der Waals surface area contributed by atoms with Gasteiger partial charge >= 0.3 is 0 Å². The van der Waals surface area contributed by atoms with Crippen LogP contribution in [0.4, 0.5) is 5.95 Å². The van der Waals surface area contributed by atoms with Crippen molar-refractivity contribution in [3.8, 4) is 6.07 Å². The summed E-state index contributed by atoms with van der Waals surface area (Å²) in [7, 11) is 0. The molecule has 1 saturated heterocycles. The van der Waals surface area contributed by atoms with Crippen molar-refractivity contribution in [2.75, 3.05) is 18.0 Å². The summed E-state index contributed by atoms with van der Waals surface area (Å²) in [5.41, 5.74) is 9.72. The molecule has 0 aliphatic carbocycles. The topological polar surface area (TPSA) is 70.9 Å². The van der Waals surface area contributed by atoms with Crippen molar-refractivity contribution < 1.29 is 0 Å². The van der Waals surface area contributed by atoms with Crippen molar-refractivity contribution in [1.82, 2.24) is 9.55 Å². The number of hydrogen-bond donors (Lipinski definition) is 1. The van der Waals surface area contributed by atoms with Gasteiger partial charge in [-0.25, -0.2) is 4.98 Å². The van der Waals surface area contributed by atoms with Gasteiger partial charge in [0.25, 0.3) is 0 Å². The molecule has 2 N–H and O–H groups in total. The molecule has 3 aromatic rings. The predicted octanol–water partition coefficient (Wildman–Crippen LogP) is 3.54. The lowest BCUT2D eigenvalue weighted by atomic mass is 10.1. The molecule has 6 heteroatoms. The van der Waals surface area contributed by atoms with Crippen LogP contribution in [0.3, 0.4) is 0 Å². The van der Waals surface area contributed by atoms with Crippen LogP contribution in [-0.2, 0) is 6.54 Å². The van der Waals surface area contributed by atoms with Gasteiger partial charge in [-0.3, -0.25) is 0 Å². The van der Waals surface area contributed by atoms with E-state index < -0.39 is 0 Å². The Labute approximate surface area is 157 Å². The first-order chi connectivity index (χ1) is 12.7. The Morgan fingerprint density at radius 3 is 2.92 bits per heavy atom. The number of nitrogens with zero attached hydrogens (tertiary/aromatic N) is 4. The van der Waals surface area contributed by atoms with E-state index >= 15 is 0 Å². The summed E-state index contributed by atoms with van der Waals surface area (Å²) in [5, 5.41) is 10.0. The normalized spacial score (nSPS) is 17.4. The lowest BCUT2D eigenvalue weighted by molar-refractivity contribution is 0.495. The zero-order valence-corrected chi connectivity index (χ0v) is 15.2. The van der Waals surface area contributed by atoms with Crippen LogP contribution in [0.5, 0.6) is 0 Å². The van der Waals surface area contributed by atoms with Crippen molar-refractivity contribution in [3.63, 3.8) is 0 Å². The molecule has 1 aliphatic heterocycles. The number of piperidine rings is 1. The Morgan fingerprint density at radius 2 is 2.12 bits per heavy atom. The molecular formula is C20H20ClN5. The molecule has 0 amide bonds. The van der Waals surface area contributed by atoms with Crippen molar-refractivity contribution >= 4 is 28.6 Å². The maximum Gasteiger partial charge on any atom is 0.206 e. The van der Waals surface area contributed by atoms with Gasteiger partial charge in [-0.15, -0.1) is 0 Å². The molecule has 2 heterocycles. The summed E-state index contributed by atoms with van der Waals surface area (Å²) < 4.78 is 2.18. The average molecular weight is 366 g/mol. The summed E-state index contributed by atoms with van der Waals surface area (Å²) in [6.07, 6.45) is 2.11. The Hall–Kier alpha value is -2.55. The Kier molecular flexibility index (Phi) is 4.54. The third-order valence-corrected chi connectivity index (χ3v) is 5.13.